The first-order valence-electron chi connectivity index (χ1n) is 5.23. The van der Waals surface area contributed by atoms with Crippen molar-refractivity contribution in [1.82, 2.24) is 15.4 Å². The number of nitrogens with zero attached hydrogens (tertiary/aromatic N) is 2. The molecular weight excluding hydrogens is 178 g/mol. The molecule has 1 N–H and O–H groups in total. The number of hydrogen-bond acceptors (Lipinski definition) is 4. The van der Waals surface area contributed by atoms with E-state index in [1.54, 1.807) is 6.20 Å². The lowest BCUT2D eigenvalue weighted by molar-refractivity contribution is 0.268. The van der Waals surface area contributed by atoms with Gasteiger partial charge in [0.15, 0.2) is 5.76 Å². The topological polar surface area (TPSA) is 41.3 Å². The SMILES string of the molecule is CCNC1CCN(Cc2ccno2)C1. The Morgan fingerprint density at radius 3 is 3.36 bits per heavy atom. The van der Waals surface area contributed by atoms with Gasteiger partial charge < -0.3 is 9.84 Å². The zero-order valence-electron chi connectivity index (χ0n) is 8.57. The molecule has 1 aromatic heterocycles. The Morgan fingerprint density at radius 2 is 2.64 bits per heavy atom. The van der Waals surface area contributed by atoms with Crippen LogP contribution in [0.25, 0.3) is 0 Å². The van der Waals surface area contributed by atoms with E-state index in [2.05, 4.69) is 22.3 Å². The maximum absolute atomic E-state index is 5.08. The molecule has 4 nitrogen and oxygen atoms in total. The van der Waals surface area contributed by atoms with Gasteiger partial charge in [0.25, 0.3) is 0 Å². The maximum atomic E-state index is 5.08. The van der Waals surface area contributed by atoms with Crippen molar-refractivity contribution in [3.8, 4) is 0 Å². The summed E-state index contributed by atoms with van der Waals surface area (Å²) in [6.07, 6.45) is 2.94. The van der Waals surface area contributed by atoms with Crippen molar-refractivity contribution in [2.24, 2.45) is 0 Å². The Labute approximate surface area is 84.3 Å². The molecular formula is C10H17N3O. The summed E-state index contributed by atoms with van der Waals surface area (Å²) in [6.45, 7) is 6.37. The summed E-state index contributed by atoms with van der Waals surface area (Å²) in [4.78, 5) is 2.40. The normalized spacial score (nSPS) is 23.1. The van der Waals surface area contributed by atoms with Crippen molar-refractivity contribution in [2.45, 2.75) is 25.9 Å². The van der Waals surface area contributed by atoms with Gasteiger partial charge in [-0.1, -0.05) is 12.1 Å². The first kappa shape index (κ1) is 9.68. The summed E-state index contributed by atoms with van der Waals surface area (Å²) in [6, 6.07) is 2.59. The molecule has 1 saturated heterocycles. The molecule has 1 aliphatic heterocycles. The van der Waals surface area contributed by atoms with Crippen LogP contribution in [0.3, 0.4) is 0 Å². The van der Waals surface area contributed by atoms with Crippen LogP contribution in [-0.2, 0) is 6.54 Å². The van der Waals surface area contributed by atoms with Crippen LogP contribution < -0.4 is 5.32 Å². The van der Waals surface area contributed by atoms with Crippen molar-refractivity contribution >= 4 is 0 Å². The minimum Gasteiger partial charge on any atom is -0.360 e. The maximum Gasteiger partial charge on any atom is 0.150 e. The number of rotatable bonds is 4. The van der Waals surface area contributed by atoms with E-state index in [0.29, 0.717) is 6.04 Å². The summed E-state index contributed by atoms with van der Waals surface area (Å²) in [7, 11) is 0. The van der Waals surface area contributed by atoms with Crippen molar-refractivity contribution in [2.75, 3.05) is 19.6 Å². The first-order valence-corrected chi connectivity index (χ1v) is 5.23. The quantitative estimate of drug-likeness (QED) is 0.773. The third-order valence-electron chi connectivity index (χ3n) is 2.64. The van der Waals surface area contributed by atoms with Gasteiger partial charge in [-0.3, -0.25) is 4.90 Å². The van der Waals surface area contributed by atoms with Crippen LogP contribution in [0.2, 0.25) is 0 Å². The molecule has 0 aromatic carbocycles. The number of hydrogen-bond donors (Lipinski definition) is 1. The molecule has 14 heavy (non-hydrogen) atoms. The van der Waals surface area contributed by atoms with Crippen molar-refractivity contribution in [1.29, 1.82) is 0 Å². The Hall–Kier alpha value is -0.870. The highest BCUT2D eigenvalue weighted by Crippen LogP contribution is 2.12. The van der Waals surface area contributed by atoms with Crippen LogP contribution in [0, 0.1) is 0 Å². The van der Waals surface area contributed by atoms with Gasteiger partial charge in [0, 0.05) is 25.2 Å². The van der Waals surface area contributed by atoms with Crippen LogP contribution in [-0.4, -0.2) is 35.7 Å². The second-order valence-electron chi connectivity index (χ2n) is 3.76. The standard InChI is InChI=1S/C10H17N3O/c1-2-11-9-4-6-13(7-9)8-10-3-5-12-14-10/h3,5,9,11H,2,4,6-8H2,1H3. The monoisotopic (exact) mass is 195 g/mol. The Kier molecular flexibility index (Phi) is 3.16. The third-order valence-corrected chi connectivity index (χ3v) is 2.64. The predicted octanol–water partition coefficient (Wildman–Crippen LogP) is 0.858. The molecule has 2 heterocycles. The van der Waals surface area contributed by atoms with Gasteiger partial charge >= 0.3 is 0 Å². The molecule has 0 aliphatic carbocycles. The molecule has 1 unspecified atom stereocenters. The lowest BCUT2D eigenvalue weighted by atomic mass is 10.3. The van der Waals surface area contributed by atoms with E-state index in [4.69, 9.17) is 4.52 Å². The van der Waals surface area contributed by atoms with Gasteiger partial charge in [0.2, 0.25) is 0 Å². The molecule has 1 fully saturated rings. The fourth-order valence-corrected chi connectivity index (χ4v) is 1.98. The number of likely N-dealkylation sites (N-methyl/N-ethyl adjacent to an activating group) is 1. The molecule has 78 valence electrons. The molecule has 4 heteroatoms. The molecule has 0 saturated carbocycles. The molecule has 0 amide bonds. The second-order valence-corrected chi connectivity index (χ2v) is 3.76. The summed E-state index contributed by atoms with van der Waals surface area (Å²) in [5.41, 5.74) is 0. The molecule has 0 spiro atoms. The highest BCUT2D eigenvalue weighted by molar-refractivity contribution is 4.94. The highest BCUT2D eigenvalue weighted by atomic mass is 16.5. The summed E-state index contributed by atoms with van der Waals surface area (Å²) < 4.78 is 5.08. The van der Waals surface area contributed by atoms with Gasteiger partial charge in [-0.05, 0) is 13.0 Å². The zero-order valence-corrected chi connectivity index (χ0v) is 8.57. The Bertz CT molecular complexity index is 260. The fourth-order valence-electron chi connectivity index (χ4n) is 1.98. The van der Waals surface area contributed by atoms with Crippen molar-refractivity contribution in [3.63, 3.8) is 0 Å². The number of likely N-dealkylation sites (tertiary alicyclic amines) is 1. The van der Waals surface area contributed by atoms with Crippen LogP contribution in [0.1, 0.15) is 19.1 Å². The van der Waals surface area contributed by atoms with Gasteiger partial charge in [0.1, 0.15) is 0 Å². The Morgan fingerprint density at radius 1 is 1.71 bits per heavy atom. The number of aromatic nitrogens is 1. The minimum atomic E-state index is 0.655. The van der Waals surface area contributed by atoms with Crippen LogP contribution >= 0.6 is 0 Å². The van der Waals surface area contributed by atoms with Gasteiger partial charge in [-0.2, -0.15) is 0 Å². The van der Waals surface area contributed by atoms with E-state index in [-0.39, 0.29) is 0 Å². The summed E-state index contributed by atoms with van der Waals surface area (Å²) in [5, 5.41) is 7.17. The zero-order chi connectivity index (χ0) is 9.80. The number of nitrogens with one attached hydrogen (secondary N) is 1. The molecule has 1 atom stereocenters. The molecule has 0 radical (unpaired) electrons. The van der Waals surface area contributed by atoms with Gasteiger partial charge in [-0.25, -0.2) is 0 Å². The third kappa shape index (κ3) is 2.33. The largest absolute Gasteiger partial charge is 0.360 e. The van der Waals surface area contributed by atoms with E-state index in [1.807, 2.05) is 6.07 Å². The smallest absolute Gasteiger partial charge is 0.150 e. The summed E-state index contributed by atoms with van der Waals surface area (Å²) >= 11 is 0. The van der Waals surface area contributed by atoms with Gasteiger partial charge in [-0.15, -0.1) is 0 Å². The lowest BCUT2D eigenvalue weighted by Crippen LogP contribution is -2.31. The van der Waals surface area contributed by atoms with Crippen LogP contribution in [0.5, 0.6) is 0 Å². The average molecular weight is 195 g/mol. The average Bonchev–Trinajstić information content (AvgIpc) is 2.79. The lowest BCUT2D eigenvalue weighted by Gasteiger charge is -2.14. The minimum absolute atomic E-state index is 0.655. The van der Waals surface area contributed by atoms with E-state index in [1.165, 1.54) is 6.42 Å². The van der Waals surface area contributed by atoms with Crippen molar-refractivity contribution < 1.29 is 4.52 Å². The van der Waals surface area contributed by atoms with Gasteiger partial charge in [0.05, 0.1) is 12.7 Å². The first-order chi connectivity index (χ1) is 6.88. The van der Waals surface area contributed by atoms with E-state index in [0.717, 1.165) is 31.9 Å². The van der Waals surface area contributed by atoms with E-state index >= 15 is 0 Å². The van der Waals surface area contributed by atoms with E-state index in [9.17, 15) is 0 Å². The Balaban J connectivity index is 1.79. The van der Waals surface area contributed by atoms with E-state index < -0.39 is 0 Å². The molecule has 0 bridgehead atoms. The van der Waals surface area contributed by atoms with Crippen LogP contribution in [0.4, 0.5) is 0 Å². The van der Waals surface area contributed by atoms with Crippen LogP contribution in [0.15, 0.2) is 16.8 Å². The highest BCUT2D eigenvalue weighted by Gasteiger charge is 2.21. The second kappa shape index (κ2) is 4.57. The summed E-state index contributed by atoms with van der Waals surface area (Å²) in [5.74, 6) is 0.960. The molecule has 1 aliphatic rings. The molecule has 2 rings (SSSR count). The predicted molar refractivity (Wildman–Crippen MR) is 53.9 cm³/mol. The fraction of sp³-hybridized carbons (Fsp3) is 0.700. The van der Waals surface area contributed by atoms with Crippen molar-refractivity contribution in [3.05, 3.63) is 18.0 Å². The molecule has 1 aromatic rings.